The number of nitrogens with one attached hydrogen (secondary N) is 2. The highest BCUT2D eigenvalue weighted by atomic mass is 32.2. The Balaban J connectivity index is 1.63. The molecule has 164 valence electrons. The van der Waals surface area contributed by atoms with Crippen LogP contribution in [-0.4, -0.2) is 77.8 Å². The molecule has 1 unspecified atom stereocenters. The average Bonchev–Trinajstić information content (AvgIpc) is 2.76. The van der Waals surface area contributed by atoms with Gasteiger partial charge >= 0.3 is 0 Å². The highest BCUT2D eigenvalue weighted by Gasteiger charge is 2.25. The van der Waals surface area contributed by atoms with E-state index < -0.39 is 0 Å². The maximum absolute atomic E-state index is 12.6. The van der Waals surface area contributed by atoms with Crippen LogP contribution in [0.25, 0.3) is 0 Å². The van der Waals surface area contributed by atoms with Gasteiger partial charge in [-0.2, -0.15) is 11.8 Å². The summed E-state index contributed by atoms with van der Waals surface area (Å²) in [6.07, 6.45) is 0. The Morgan fingerprint density at radius 1 is 1.27 bits per heavy atom. The van der Waals surface area contributed by atoms with Crippen LogP contribution in [0.3, 0.4) is 0 Å². The van der Waals surface area contributed by atoms with Crippen LogP contribution in [0, 0.1) is 5.92 Å². The molecule has 0 aliphatic carbocycles. The molecule has 0 radical (unpaired) electrons. The summed E-state index contributed by atoms with van der Waals surface area (Å²) < 4.78 is 0. The lowest BCUT2D eigenvalue weighted by atomic mass is 10.1. The molecule has 0 bridgehead atoms. The van der Waals surface area contributed by atoms with Crippen molar-refractivity contribution in [1.29, 1.82) is 0 Å². The third-order valence-electron chi connectivity index (χ3n) is 5.41. The smallest absolute Gasteiger partial charge is 0.254 e. The summed E-state index contributed by atoms with van der Waals surface area (Å²) in [6, 6.07) is 7.57. The summed E-state index contributed by atoms with van der Waals surface area (Å²) in [7, 11) is 0. The molecule has 0 aromatic heterocycles. The molecule has 0 saturated carbocycles. The number of aliphatic imine (C=N–C) groups is 1. The molecular formula is C22H33N5O2S. The zero-order valence-electron chi connectivity index (χ0n) is 18.2. The molecule has 2 saturated heterocycles. The molecule has 1 aromatic rings. The molecule has 2 N–H and O–H groups in total. The fourth-order valence-corrected chi connectivity index (χ4v) is 4.91. The van der Waals surface area contributed by atoms with Crippen LogP contribution in [0.15, 0.2) is 29.3 Å². The van der Waals surface area contributed by atoms with Gasteiger partial charge in [0.05, 0.1) is 13.1 Å². The van der Waals surface area contributed by atoms with Crippen molar-refractivity contribution in [3.8, 4) is 0 Å². The van der Waals surface area contributed by atoms with Crippen molar-refractivity contribution in [3.63, 3.8) is 0 Å². The van der Waals surface area contributed by atoms with Crippen molar-refractivity contribution >= 4 is 29.5 Å². The van der Waals surface area contributed by atoms with Crippen LogP contribution in [0.1, 0.15) is 36.7 Å². The Morgan fingerprint density at radius 3 is 2.70 bits per heavy atom. The summed E-state index contributed by atoms with van der Waals surface area (Å²) in [5.41, 5.74) is 1.67. The molecule has 2 fully saturated rings. The number of hydrogen-bond acceptors (Lipinski definition) is 4. The number of benzene rings is 1. The third kappa shape index (κ3) is 5.90. The van der Waals surface area contributed by atoms with Crippen LogP contribution in [0.2, 0.25) is 0 Å². The van der Waals surface area contributed by atoms with Gasteiger partial charge in [0.1, 0.15) is 0 Å². The van der Waals surface area contributed by atoms with Crippen LogP contribution in [0.4, 0.5) is 0 Å². The quantitative estimate of drug-likeness (QED) is 0.549. The first-order valence-corrected chi connectivity index (χ1v) is 11.8. The zero-order valence-corrected chi connectivity index (χ0v) is 19.0. The predicted octanol–water partition coefficient (Wildman–Crippen LogP) is 1.80. The largest absolute Gasteiger partial charge is 0.357 e. The first-order chi connectivity index (χ1) is 14.5. The molecule has 8 heteroatoms. The van der Waals surface area contributed by atoms with E-state index in [2.05, 4.69) is 48.1 Å². The lowest BCUT2D eigenvalue weighted by Crippen LogP contribution is -2.49. The lowest BCUT2D eigenvalue weighted by Gasteiger charge is -2.36. The monoisotopic (exact) mass is 431 g/mol. The normalized spacial score (nSPS) is 20.3. The van der Waals surface area contributed by atoms with Gasteiger partial charge in [-0.25, -0.2) is 4.99 Å². The summed E-state index contributed by atoms with van der Waals surface area (Å²) >= 11 is 2.06. The fourth-order valence-electron chi connectivity index (χ4n) is 3.61. The molecular weight excluding hydrogens is 398 g/mol. The van der Waals surface area contributed by atoms with E-state index in [-0.39, 0.29) is 18.4 Å². The van der Waals surface area contributed by atoms with Gasteiger partial charge < -0.3 is 20.4 Å². The van der Waals surface area contributed by atoms with Crippen LogP contribution >= 0.6 is 11.8 Å². The second-order valence-corrected chi connectivity index (χ2v) is 9.39. The van der Waals surface area contributed by atoms with Gasteiger partial charge in [0.15, 0.2) is 5.96 Å². The topological polar surface area (TPSA) is 77.0 Å². The van der Waals surface area contributed by atoms with E-state index in [9.17, 15) is 9.59 Å². The van der Waals surface area contributed by atoms with Crippen molar-refractivity contribution < 1.29 is 9.59 Å². The molecule has 2 heterocycles. The Morgan fingerprint density at radius 2 is 2.03 bits per heavy atom. The van der Waals surface area contributed by atoms with Gasteiger partial charge in [-0.1, -0.05) is 26.0 Å². The Bertz CT molecular complexity index is 765. The number of nitrogens with zero attached hydrogens (tertiary/aromatic N) is 3. The minimum atomic E-state index is -0.104. The highest BCUT2D eigenvalue weighted by Crippen LogP contribution is 2.25. The highest BCUT2D eigenvalue weighted by molar-refractivity contribution is 8.00. The van der Waals surface area contributed by atoms with Gasteiger partial charge in [-0.05, 0) is 30.5 Å². The van der Waals surface area contributed by atoms with Crippen molar-refractivity contribution in [3.05, 3.63) is 35.4 Å². The van der Waals surface area contributed by atoms with Crippen molar-refractivity contribution in [2.75, 3.05) is 45.0 Å². The molecule has 2 amide bonds. The number of rotatable bonds is 5. The minimum Gasteiger partial charge on any atom is -0.357 e. The third-order valence-corrected chi connectivity index (χ3v) is 6.95. The first-order valence-electron chi connectivity index (χ1n) is 10.8. The van der Waals surface area contributed by atoms with Gasteiger partial charge in [-0.3, -0.25) is 9.59 Å². The number of hydrogen-bond donors (Lipinski definition) is 2. The molecule has 30 heavy (non-hydrogen) atoms. The fraction of sp³-hybridized carbons (Fsp3) is 0.591. The zero-order chi connectivity index (χ0) is 21.5. The average molecular weight is 432 g/mol. The Kier molecular flexibility index (Phi) is 8.01. The standard InChI is InChI=1S/C22H33N5O2S/c1-4-23-22(27-11-12-30-19(14-27)16(2)3)25-13-17-5-7-18(8-6-17)21(29)26-10-9-24-20(28)15-26/h5-8,16,19H,4,9-15H2,1-3H3,(H,23,25)(H,24,28). The van der Waals surface area contributed by atoms with Gasteiger partial charge in [-0.15, -0.1) is 0 Å². The minimum absolute atomic E-state index is 0.0983. The first kappa shape index (κ1) is 22.5. The summed E-state index contributed by atoms with van der Waals surface area (Å²) in [6.45, 7) is 11.3. The van der Waals surface area contributed by atoms with Gasteiger partial charge in [0.2, 0.25) is 5.91 Å². The summed E-state index contributed by atoms with van der Waals surface area (Å²) in [5, 5.41) is 6.80. The lowest BCUT2D eigenvalue weighted by molar-refractivity contribution is -0.123. The molecule has 0 spiro atoms. The summed E-state index contributed by atoms with van der Waals surface area (Å²) in [5.74, 6) is 2.53. The van der Waals surface area contributed by atoms with E-state index >= 15 is 0 Å². The molecule has 7 nitrogen and oxygen atoms in total. The molecule has 2 aliphatic rings. The maximum Gasteiger partial charge on any atom is 0.254 e. The van der Waals surface area contributed by atoms with Crippen molar-refractivity contribution in [2.45, 2.75) is 32.6 Å². The molecule has 1 atom stereocenters. The van der Waals surface area contributed by atoms with E-state index in [0.29, 0.717) is 36.4 Å². The molecule has 2 aliphatic heterocycles. The maximum atomic E-state index is 12.6. The van der Waals surface area contributed by atoms with Gasteiger partial charge in [0, 0.05) is 49.3 Å². The number of guanidine groups is 1. The Labute approximate surface area is 183 Å². The van der Waals surface area contributed by atoms with E-state index in [1.54, 1.807) is 4.90 Å². The van der Waals surface area contributed by atoms with E-state index in [1.807, 2.05) is 24.3 Å². The van der Waals surface area contributed by atoms with Crippen molar-refractivity contribution in [1.82, 2.24) is 20.4 Å². The SMILES string of the molecule is CCNC(=NCc1ccc(C(=O)N2CCNC(=O)C2)cc1)N1CCSC(C(C)C)C1. The van der Waals surface area contributed by atoms with E-state index in [4.69, 9.17) is 4.99 Å². The molecule has 1 aromatic carbocycles. The Hall–Kier alpha value is -2.22. The second kappa shape index (κ2) is 10.7. The second-order valence-electron chi connectivity index (χ2n) is 8.04. The summed E-state index contributed by atoms with van der Waals surface area (Å²) in [4.78, 5) is 32.9. The van der Waals surface area contributed by atoms with Crippen LogP contribution in [0.5, 0.6) is 0 Å². The molecule has 3 rings (SSSR count). The number of amides is 2. The number of piperazine rings is 1. The number of thioether (sulfide) groups is 1. The van der Waals surface area contributed by atoms with Crippen LogP contribution in [-0.2, 0) is 11.3 Å². The van der Waals surface area contributed by atoms with E-state index in [1.165, 1.54) is 0 Å². The number of carbonyl (C=O) groups is 2. The number of carbonyl (C=O) groups excluding carboxylic acids is 2. The van der Waals surface area contributed by atoms with E-state index in [0.717, 1.165) is 36.9 Å². The van der Waals surface area contributed by atoms with Crippen molar-refractivity contribution in [2.24, 2.45) is 10.9 Å². The van der Waals surface area contributed by atoms with Crippen LogP contribution < -0.4 is 10.6 Å². The van der Waals surface area contributed by atoms with Gasteiger partial charge in [0.25, 0.3) is 5.91 Å². The predicted molar refractivity (Wildman–Crippen MR) is 123 cm³/mol.